The van der Waals surface area contributed by atoms with Gasteiger partial charge in [0.2, 0.25) is 6.33 Å². The fourth-order valence-electron chi connectivity index (χ4n) is 4.45. The maximum atomic E-state index is 4.98. The zero-order valence-corrected chi connectivity index (χ0v) is 19.4. The fraction of sp³-hybridized carbons (Fsp3) is 0.385. The van der Waals surface area contributed by atoms with Crippen molar-refractivity contribution in [1.29, 1.82) is 0 Å². The van der Waals surface area contributed by atoms with E-state index in [1.807, 2.05) is 0 Å². The Hall–Kier alpha value is -2.68. The van der Waals surface area contributed by atoms with E-state index in [1.54, 1.807) is 0 Å². The van der Waals surface area contributed by atoms with Crippen molar-refractivity contribution in [1.82, 2.24) is 4.57 Å². The molecule has 0 radical (unpaired) electrons. The van der Waals surface area contributed by atoms with E-state index in [4.69, 9.17) is 4.99 Å². The molecule has 0 atom stereocenters. The van der Waals surface area contributed by atoms with Crippen molar-refractivity contribution in [2.75, 3.05) is 0 Å². The van der Waals surface area contributed by atoms with Crippen molar-refractivity contribution < 1.29 is 4.57 Å². The van der Waals surface area contributed by atoms with Gasteiger partial charge in [0.25, 0.3) is 0 Å². The Kier molecular flexibility index (Phi) is 5.79. The summed E-state index contributed by atoms with van der Waals surface area (Å²) in [6, 6.07) is 8.94. The predicted octanol–water partition coefficient (Wildman–Crippen LogP) is 6.02. The molecule has 0 aliphatic carbocycles. The van der Waals surface area contributed by atoms with E-state index in [0.29, 0.717) is 0 Å². The summed E-state index contributed by atoms with van der Waals surface area (Å²) in [7, 11) is 0. The minimum Gasteiger partial charge on any atom is -0.253 e. The summed E-state index contributed by atoms with van der Waals surface area (Å²) >= 11 is 0. The van der Waals surface area contributed by atoms with Crippen LogP contribution in [0.5, 0.6) is 0 Å². The van der Waals surface area contributed by atoms with Gasteiger partial charge in [0.15, 0.2) is 0 Å². The van der Waals surface area contributed by atoms with E-state index in [0.717, 1.165) is 17.9 Å². The summed E-state index contributed by atoms with van der Waals surface area (Å²) in [5.74, 6) is 0. The fourth-order valence-corrected chi connectivity index (χ4v) is 4.45. The number of hydrogen-bond donors (Lipinski definition) is 0. The van der Waals surface area contributed by atoms with E-state index in [9.17, 15) is 0 Å². The first-order valence-corrected chi connectivity index (χ1v) is 10.4. The number of hydrogen-bond acceptors (Lipinski definition) is 1. The lowest BCUT2D eigenvalue weighted by Crippen LogP contribution is -2.38. The smallest absolute Gasteiger partial charge is 0.249 e. The molecule has 2 aromatic carbocycles. The van der Waals surface area contributed by atoms with Gasteiger partial charge in [0, 0.05) is 13.8 Å². The Labute approximate surface area is 175 Å². The molecule has 0 fully saturated rings. The third-order valence-corrected chi connectivity index (χ3v) is 5.78. The highest BCUT2D eigenvalue weighted by molar-refractivity contribution is 5.84. The monoisotopic (exact) mass is 388 g/mol. The second-order valence-corrected chi connectivity index (χ2v) is 8.63. The minimum atomic E-state index is 0.788. The van der Waals surface area contributed by atoms with Gasteiger partial charge < -0.3 is 0 Å². The van der Waals surface area contributed by atoms with Crippen LogP contribution in [-0.4, -0.2) is 10.3 Å². The Bertz CT molecular complexity index is 1070. The number of imidazole rings is 1. The van der Waals surface area contributed by atoms with Crippen LogP contribution in [-0.2, 0) is 6.54 Å². The van der Waals surface area contributed by atoms with Crippen LogP contribution >= 0.6 is 0 Å². The van der Waals surface area contributed by atoms with E-state index in [2.05, 4.69) is 102 Å². The van der Waals surface area contributed by atoms with Gasteiger partial charge in [-0.3, -0.25) is 4.99 Å². The molecule has 3 nitrogen and oxygen atoms in total. The molecule has 0 bridgehead atoms. The van der Waals surface area contributed by atoms with E-state index < -0.39 is 0 Å². The highest BCUT2D eigenvalue weighted by Crippen LogP contribution is 2.26. The molecule has 3 rings (SSSR count). The van der Waals surface area contributed by atoms with Gasteiger partial charge in [-0.1, -0.05) is 35.4 Å². The minimum absolute atomic E-state index is 0.788. The Balaban J connectivity index is 1.99. The number of rotatable bonds is 4. The zero-order valence-electron chi connectivity index (χ0n) is 19.4. The third-order valence-electron chi connectivity index (χ3n) is 5.78. The second-order valence-electron chi connectivity index (χ2n) is 8.63. The van der Waals surface area contributed by atoms with Crippen molar-refractivity contribution in [3.05, 3.63) is 75.4 Å². The van der Waals surface area contributed by atoms with Crippen LogP contribution in [0, 0.1) is 55.4 Å². The molecule has 0 amide bonds. The molecule has 0 saturated carbocycles. The summed E-state index contributed by atoms with van der Waals surface area (Å²) in [5, 5.41) is 0. The van der Waals surface area contributed by atoms with Gasteiger partial charge in [-0.05, 0) is 70.7 Å². The molecule has 1 aromatic heterocycles. The van der Waals surface area contributed by atoms with E-state index >= 15 is 0 Å². The summed E-state index contributed by atoms with van der Waals surface area (Å²) in [5.41, 5.74) is 13.7. The van der Waals surface area contributed by atoms with Crippen LogP contribution in [0.25, 0.3) is 5.69 Å². The lowest BCUT2D eigenvalue weighted by molar-refractivity contribution is -0.687. The Morgan fingerprint density at radius 1 is 0.793 bits per heavy atom. The second kappa shape index (κ2) is 7.98. The molecule has 1 heterocycles. The van der Waals surface area contributed by atoms with Crippen molar-refractivity contribution in [2.24, 2.45) is 4.99 Å². The van der Waals surface area contributed by atoms with Crippen LogP contribution in [0.4, 0.5) is 5.69 Å². The van der Waals surface area contributed by atoms with Gasteiger partial charge in [0.1, 0.15) is 23.6 Å². The number of aryl methyl sites for hydroxylation is 6. The van der Waals surface area contributed by atoms with Crippen LogP contribution in [0.15, 0.2) is 35.6 Å². The molecule has 152 valence electrons. The maximum absolute atomic E-state index is 4.98. The van der Waals surface area contributed by atoms with Crippen molar-refractivity contribution in [2.45, 2.75) is 68.9 Å². The normalized spacial score (nSPS) is 12.0. The first kappa shape index (κ1) is 21.0. The van der Waals surface area contributed by atoms with E-state index in [-0.39, 0.29) is 0 Å². The first-order chi connectivity index (χ1) is 13.6. The number of nitrogens with zero attached hydrogens (tertiary/aromatic N) is 3. The molecular formula is C26H34N3+. The van der Waals surface area contributed by atoms with Gasteiger partial charge in [-0.25, -0.2) is 4.57 Å². The number of aliphatic imine (C=N–C) groups is 1. The summed E-state index contributed by atoms with van der Waals surface area (Å²) in [6.07, 6.45) is 2.23. The van der Waals surface area contributed by atoms with Crippen LogP contribution in [0.1, 0.15) is 51.7 Å². The van der Waals surface area contributed by atoms with Gasteiger partial charge >= 0.3 is 0 Å². The molecule has 0 aliphatic heterocycles. The third kappa shape index (κ3) is 4.19. The molecule has 0 N–H and O–H groups in total. The van der Waals surface area contributed by atoms with Crippen LogP contribution < -0.4 is 4.57 Å². The topological polar surface area (TPSA) is 21.2 Å². The number of benzene rings is 2. The van der Waals surface area contributed by atoms with Crippen LogP contribution in [0.3, 0.4) is 0 Å². The van der Waals surface area contributed by atoms with Gasteiger partial charge in [0.05, 0.1) is 11.4 Å². The molecule has 0 unspecified atom stereocenters. The summed E-state index contributed by atoms with van der Waals surface area (Å²) in [6.45, 7) is 20.3. The van der Waals surface area contributed by atoms with Crippen molar-refractivity contribution >= 4 is 11.4 Å². The van der Waals surface area contributed by atoms with Gasteiger partial charge in [-0.2, -0.15) is 4.57 Å². The Morgan fingerprint density at radius 2 is 1.28 bits per heavy atom. The lowest BCUT2D eigenvalue weighted by Gasteiger charge is -2.08. The SMILES string of the molecule is CC(C[n+]1cn(-c2c(C)cc(C)cc2C)c(C)c1C)=Nc1c(C)cc(C)cc1C. The zero-order chi connectivity index (χ0) is 21.5. The largest absolute Gasteiger partial charge is 0.253 e. The lowest BCUT2D eigenvalue weighted by atomic mass is 10.0. The van der Waals surface area contributed by atoms with Crippen molar-refractivity contribution in [3.63, 3.8) is 0 Å². The Morgan fingerprint density at radius 3 is 1.79 bits per heavy atom. The first-order valence-electron chi connectivity index (χ1n) is 10.4. The molecule has 3 heteroatoms. The standard InChI is InChI=1S/C26H34N3/c1-16-10-18(3)25(19(4)11-16)27-22(7)14-28-15-29(24(9)23(28)8)26-20(5)12-17(2)13-21(26)6/h10-13,15H,14H2,1-9H3/q+1. The molecule has 29 heavy (non-hydrogen) atoms. The molecule has 0 saturated heterocycles. The molecule has 0 aliphatic rings. The highest BCUT2D eigenvalue weighted by atomic mass is 15.2. The molecular weight excluding hydrogens is 354 g/mol. The summed E-state index contributed by atoms with van der Waals surface area (Å²) < 4.78 is 4.64. The predicted molar refractivity (Wildman–Crippen MR) is 123 cm³/mol. The average molecular weight is 389 g/mol. The van der Waals surface area contributed by atoms with E-state index in [1.165, 1.54) is 50.5 Å². The van der Waals surface area contributed by atoms with Crippen molar-refractivity contribution in [3.8, 4) is 5.69 Å². The van der Waals surface area contributed by atoms with Gasteiger partial charge in [-0.15, -0.1) is 0 Å². The molecule has 0 spiro atoms. The molecule has 3 aromatic rings. The summed E-state index contributed by atoms with van der Waals surface area (Å²) in [4.78, 5) is 4.98. The number of aromatic nitrogens is 2. The average Bonchev–Trinajstić information content (AvgIpc) is 2.86. The quantitative estimate of drug-likeness (QED) is 0.385. The highest BCUT2D eigenvalue weighted by Gasteiger charge is 2.21. The van der Waals surface area contributed by atoms with Crippen LogP contribution in [0.2, 0.25) is 0 Å². The maximum Gasteiger partial charge on any atom is 0.249 e.